The van der Waals surface area contributed by atoms with Crippen molar-refractivity contribution < 1.29 is 27.4 Å². The van der Waals surface area contributed by atoms with Crippen LogP contribution in [0.2, 0.25) is 5.02 Å². The van der Waals surface area contributed by atoms with Crippen molar-refractivity contribution in [3.05, 3.63) is 53.1 Å². The van der Waals surface area contributed by atoms with Crippen LogP contribution < -0.4 is 9.47 Å². The Kier molecular flexibility index (Phi) is 8.31. The molecule has 2 rings (SSSR count). The zero-order valence-electron chi connectivity index (χ0n) is 16.6. The second kappa shape index (κ2) is 10.5. The van der Waals surface area contributed by atoms with Gasteiger partial charge in [0.05, 0.1) is 22.6 Å². The Morgan fingerprint density at radius 1 is 1.00 bits per heavy atom. The van der Waals surface area contributed by atoms with Crippen molar-refractivity contribution in [2.45, 2.75) is 18.7 Å². The van der Waals surface area contributed by atoms with Gasteiger partial charge in [-0.1, -0.05) is 25.4 Å². The van der Waals surface area contributed by atoms with E-state index in [-0.39, 0.29) is 28.7 Å². The van der Waals surface area contributed by atoms with Gasteiger partial charge < -0.3 is 14.2 Å². The summed E-state index contributed by atoms with van der Waals surface area (Å²) in [6.45, 7) is 4.25. The molecule has 0 saturated carbocycles. The minimum absolute atomic E-state index is 0.00738. The van der Waals surface area contributed by atoms with E-state index in [2.05, 4.69) is 0 Å². The van der Waals surface area contributed by atoms with E-state index in [4.69, 9.17) is 25.8 Å². The lowest BCUT2D eigenvalue weighted by molar-refractivity contribution is 0.0450. The van der Waals surface area contributed by atoms with Gasteiger partial charge in [-0.3, -0.25) is 0 Å². The summed E-state index contributed by atoms with van der Waals surface area (Å²) in [7, 11) is -2.14. The SMILES string of the molecule is CCN(CC)S(=O)(=O)c1ccc(Cl)c(C(=O)OCCOc2ccc(OC)cc2)c1. The predicted molar refractivity (Wildman–Crippen MR) is 110 cm³/mol. The van der Waals surface area contributed by atoms with E-state index in [1.165, 1.54) is 22.5 Å². The maximum atomic E-state index is 12.6. The van der Waals surface area contributed by atoms with Gasteiger partial charge in [0.1, 0.15) is 24.7 Å². The molecule has 2 aromatic rings. The standard InChI is InChI=1S/C20H24ClNO6S/c1-4-22(5-2)29(24,25)17-10-11-19(21)18(14-17)20(23)28-13-12-27-16-8-6-15(26-3)7-9-16/h6-11,14H,4-5,12-13H2,1-3H3. The average Bonchev–Trinajstić information content (AvgIpc) is 2.72. The highest BCUT2D eigenvalue weighted by Gasteiger charge is 2.24. The number of carbonyl (C=O) groups excluding carboxylic acids is 1. The summed E-state index contributed by atoms with van der Waals surface area (Å²) in [4.78, 5) is 12.4. The van der Waals surface area contributed by atoms with Crippen LogP contribution in [0.1, 0.15) is 24.2 Å². The summed E-state index contributed by atoms with van der Waals surface area (Å²) in [5.41, 5.74) is -0.00987. The number of esters is 1. The summed E-state index contributed by atoms with van der Waals surface area (Å²) in [6, 6.07) is 11.0. The van der Waals surface area contributed by atoms with Gasteiger partial charge in [-0.05, 0) is 42.5 Å². The molecule has 0 aliphatic rings. The van der Waals surface area contributed by atoms with Crippen molar-refractivity contribution in [2.24, 2.45) is 0 Å². The number of rotatable bonds is 10. The minimum Gasteiger partial charge on any atom is -0.497 e. The van der Waals surface area contributed by atoms with Crippen LogP contribution in [-0.2, 0) is 14.8 Å². The second-order valence-electron chi connectivity index (χ2n) is 5.89. The van der Waals surface area contributed by atoms with Gasteiger partial charge in [0, 0.05) is 13.1 Å². The van der Waals surface area contributed by atoms with Gasteiger partial charge in [-0.15, -0.1) is 0 Å². The lowest BCUT2D eigenvalue weighted by Crippen LogP contribution is -2.30. The Morgan fingerprint density at radius 2 is 1.62 bits per heavy atom. The number of nitrogens with zero attached hydrogens (tertiary/aromatic N) is 1. The number of ether oxygens (including phenoxy) is 3. The van der Waals surface area contributed by atoms with Crippen LogP contribution in [0, 0.1) is 0 Å². The van der Waals surface area contributed by atoms with E-state index < -0.39 is 16.0 Å². The third kappa shape index (κ3) is 5.85. The maximum absolute atomic E-state index is 12.6. The van der Waals surface area contributed by atoms with E-state index in [0.717, 1.165) is 0 Å². The molecule has 0 spiro atoms. The van der Waals surface area contributed by atoms with E-state index in [9.17, 15) is 13.2 Å². The lowest BCUT2D eigenvalue weighted by Gasteiger charge is -2.19. The van der Waals surface area contributed by atoms with Crippen molar-refractivity contribution in [1.29, 1.82) is 0 Å². The number of benzene rings is 2. The molecule has 7 nitrogen and oxygen atoms in total. The Labute approximate surface area is 176 Å². The van der Waals surface area contributed by atoms with Crippen LogP contribution in [0.4, 0.5) is 0 Å². The summed E-state index contributed by atoms with van der Waals surface area (Å²) in [5, 5.41) is 0.115. The number of methoxy groups -OCH3 is 1. The van der Waals surface area contributed by atoms with Crippen LogP contribution >= 0.6 is 11.6 Å². The van der Waals surface area contributed by atoms with Crippen LogP contribution in [-0.4, -0.2) is 52.1 Å². The zero-order valence-corrected chi connectivity index (χ0v) is 18.1. The van der Waals surface area contributed by atoms with Gasteiger partial charge in [0.15, 0.2) is 0 Å². The normalized spacial score (nSPS) is 11.3. The molecule has 0 fully saturated rings. The molecule has 0 aromatic heterocycles. The summed E-state index contributed by atoms with van der Waals surface area (Å²) in [5.74, 6) is 0.593. The first kappa shape index (κ1) is 23.0. The molecular weight excluding hydrogens is 418 g/mol. The fourth-order valence-electron chi connectivity index (χ4n) is 2.58. The molecule has 29 heavy (non-hydrogen) atoms. The Balaban J connectivity index is 2.01. The van der Waals surface area contributed by atoms with Gasteiger partial charge in [-0.25, -0.2) is 13.2 Å². The molecular formula is C20H24ClNO6S. The molecule has 0 saturated heterocycles. The van der Waals surface area contributed by atoms with Crippen molar-refractivity contribution in [1.82, 2.24) is 4.31 Å². The van der Waals surface area contributed by atoms with Crippen LogP contribution in [0.5, 0.6) is 11.5 Å². The fourth-order valence-corrected chi connectivity index (χ4v) is 4.26. The summed E-state index contributed by atoms with van der Waals surface area (Å²) < 4.78 is 42.3. The number of hydrogen-bond donors (Lipinski definition) is 0. The molecule has 9 heteroatoms. The Hall–Kier alpha value is -2.29. The Bertz CT molecular complexity index is 926. The summed E-state index contributed by atoms with van der Waals surface area (Å²) in [6.07, 6.45) is 0. The quantitative estimate of drug-likeness (QED) is 0.413. The highest BCUT2D eigenvalue weighted by molar-refractivity contribution is 7.89. The molecule has 0 radical (unpaired) electrons. The number of sulfonamides is 1. The molecule has 0 N–H and O–H groups in total. The second-order valence-corrected chi connectivity index (χ2v) is 8.24. The van der Waals surface area contributed by atoms with Crippen LogP contribution in [0.3, 0.4) is 0 Å². The van der Waals surface area contributed by atoms with Gasteiger partial charge in [0.2, 0.25) is 10.0 Å². The van der Waals surface area contributed by atoms with E-state index >= 15 is 0 Å². The van der Waals surface area contributed by atoms with Crippen LogP contribution in [0.25, 0.3) is 0 Å². The minimum atomic E-state index is -3.71. The highest BCUT2D eigenvalue weighted by atomic mass is 35.5. The largest absolute Gasteiger partial charge is 0.497 e. The van der Waals surface area contributed by atoms with Crippen molar-refractivity contribution in [3.8, 4) is 11.5 Å². The van der Waals surface area contributed by atoms with Crippen molar-refractivity contribution >= 4 is 27.6 Å². The lowest BCUT2D eigenvalue weighted by atomic mass is 10.2. The zero-order chi connectivity index (χ0) is 21.4. The first-order valence-electron chi connectivity index (χ1n) is 9.07. The number of hydrogen-bond acceptors (Lipinski definition) is 6. The molecule has 0 amide bonds. The average molecular weight is 442 g/mol. The smallest absolute Gasteiger partial charge is 0.339 e. The van der Waals surface area contributed by atoms with Gasteiger partial charge in [-0.2, -0.15) is 4.31 Å². The molecule has 0 aliphatic carbocycles. The fraction of sp³-hybridized carbons (Fsp3) is 0.350. The first-order chi connectivity index (χ1) is 13.8. The molecule has 0 heterocycles. The monoisotopic (exact) mass is 441 g/mol. The molecule has 2 aromatic carbocycles. The number of halogens is 1. The maximum Gasteiger partial charge on any atom is 0.339 e. The first-order valence-corrected chi connectivity index (χ1v) is 10.9. The van der Waals surface area contributed by atoms with Crippen molar-refractivity contribution in [2.75, 3.05) is 33.4 Å². The molecule has 158 valence electrons. The number of carbonyl (C=O) groups is 1. The predicted octanol–water partition coefficient (Wildman–Crippen LogP) is 3.61. The Morgan fingerprint density at radius 3 is 2.21 bits per heavy atom. The summed E-state index contributed by atoms with van der Waals surface area (Å²) >= 11 is 6.07. The molecule has 0 aliphatic heterocycles. The van der Waals surface area contributed by atoms with Gasteiger partial charge in [0.25, 0.3) is 0 Å². The molecule has 0 unspecified atom stereocenters. The van der Waals surface area contributed by atoms with Crippen molar-refractivity contribution in [3.63, 3.8) is 0 Å². The third-order valence-corrected chi connectivity index (χ3v) is 6.52. The van der Waals surface area contributed by atoms with E-state index in [0.29, 0.717) is 24.6 Å². The third-order valence-electron chi connectivity index (χ3n) is 4.15. The molecule has 0 atom stereocenters. The van der Waals surface area contributed by atoms with E-state index in [1.54, 1.807) is 45.2 Å². The van der Waals surface area contributed by atoms with Crippen LogP contribution in [0.15, 0.2) is 47.4 Å². The highest BCUT2D eigenvalue weighted by Crippen LogP contribution is 2.24. The van der Waals surface area contributed by atoms with Gasteiger partial charge >= 0.3 is 5.97 Å². The topological polar surface area (TPSA) is 82.1 Å². The van der Waals surface area contributed by atoms with E-state index in [1.807, 2.05) is 0 Å². The molecule has 0 bridgehead atoms.